The smallest absolute Gasteiger partial charge is 0.142 e. The molecule has 1 aromatic rings. The number of aliphatic hydroxyl groups excluding tert-OH is 1. The molecule has 2 rings (SSSR count). The molecule has 1 atom stereocenters. The lowest BCUT2D eigenvalue weighted by molar-refractivity contribution is 0.243. The summed E-state index contributed by atoms with van der Waals surface area (Å²) in [7, 11) is 0. The zero-order valence-electron chi connectivity index (χ0n) is 11.3. The molecule has 1 N–H and O–H groups in total. The van der Waals surface area contributed by atoms with E-state index in [9.17, 15) is 0 Å². The molecule has 0 aromatic heterocycles. The van der Waals surface area contributed by atoms with E-state index in [1.54, 1.807) is 0 Å². The molecular formula is C15H23NO2. The average Bonchev–Trinajstić information content (AvgIpc) is 2.78. The number of aliphatic hydroxyl groups is 1. The Morgan fingerprint density at radius 2 is 2.17 bits per heavy atom. The van der Waals surface area contributed by atoms with Crippen molar-refractivity contribution in [3.8, 4) is 5.75 Å². The van der Waals surface area contributed by atoms with E-state index >= 15 is 0 Å². The lowest BCUT2D eigenvalue weighted by Gasteiger charge is -2.23. The van der Waals surface area contributed by atoms with Crippen molar-refractivity contribution in [3.05, 3.63) is 24.3 Å². The largest absolute Gasteiger partial charge is 0.489 e. The van der Waals surface area contributed by atoms with Gasteiger partial charge in [0.25, 0.3) is 0 Å². The van der Waals surface area contributed by atoms with Crippen LogP contribution in [0.2, 0.25) is 0 Å². The van der Waals surface area contributed by atoms with Crippen molar-refractivity contribution in [2.24, 2.45) is 5.92 Å². The second-order valence-electron chi connectivity index (χ2n) is 5.25. The Morgan fingerprint density at radius 1 is 1.39 bits per heavy atom. The van der Waals surface area contributed by atoms with E-state index in [2.05, 4.69) is 30.9 Å². The van der Waals surface area contributed by atoms with E-state index in [0.717, 1.165) is 31.7 Å². The second-order valence-corrected chi connectivity index (χ2v) is 5.25. The van der Waals surface area contributed by atoms with Gasteiger partial charge in [0, 0.05) is 19.7 Å². The molecule has 0 bridgehead atoms. The number of hydrogen-bond acceptors (Lipinski definition) is 3. The highest BCUT2D eigenvalue weighted by Crippen LogP contribution is 2.33. The first kappa shape index (κ1) is 13.2. The normalized spacial score (nSPS) is 19.6. The standard InChI is InChI=1S/C15H23NO2/c1-12(2)18-15-6-4-3-5-14(15)16-9-7-13(11-16)8-10-17/h3-6,12-13,17H,7-11H2,1-2H3. The molecule has 18 heavy (non-hydrogen) atoms. The number of nitrogens with zero attached hydrogens (tertiary/aromatic N) is 1. The minimum Gasteiger partial charge on any atom is -0.489 e. The van der Waals surface area contributed by atoms with Crippen LogP contribution < -0.4 is 9.64 Å². The Kier molecular flexibility index (Phi) is 4.48. The molecule has 0 saturated carbocycles. The fourth-order valence-corrected chi connectivity index (χ4v) is 2.54. The fraction of sp³-hybridized carbons (Fsp3) is 0.600. The SMILES string of the molecule is CC(C)Oc1ccccc1N1CCC(CCO)C1. The van der Waals surface area contributed by atoms with Gasteiger partial charge in [0.15, 0.2) is 0 Å². The van der Waals surface area contributed by atoms with Gasteiger partial charge >= 0.3 is 0 Å². The summed E-state index contributed by atoms with van der Waals surface area (Å²) in [6, 6.07) is 8.23. The number of ether oxygens (including phenoxy) is 1. The van der Waals surface area contributed by atoms with E-state index < -0.39 is 0 Å². The first-order chi connectivity index (χ1) is 8.70. The summed E-state index contributed by atoms with van der Waals surface area (Å²) >= 11 is 0. The molecule has 1 saturated heterocycles. The highest BCUT2D eigenvalue weighted by atomic mass is 16.5. The molecule has 1 aliphatic rings. The van der Waals surface area contributed by atoms with E-state index in [-0.39, 0.29) is 6.10 Å². The summed E-state index contributed by atoms with van der Waals surface area (Å²) in [5, 5.41) is 9.01. The molecule has 0 aliphatic carbocycles. The summed E-state index contributed by atoms with van der Waals surface area (Å²) in [6.07, 6.45) is 2.27. The maximum Gasteiger partial charge on any atom is 0.142 e. The molecule has 100 valence electrons. The summed E-state index contributed by atoms with van der Waals surface area (Å²) in [5.41, 5.74) is 1.19. The molecule has 1 aliphatic heterocycles. The molecular weight excluding hydrogens is 226 g/mol. The average molecular weight is 249 g/mol. The van der Waals surface area contributed by atoms with Gasteiger partial charge in [-0.2, -0.15) is 0 Å². The molecule has 1 unspecified atom stereocenters. The molecule has 0 amide bonds. The van der Waals surface area contributed by atoms with Crippen LogP contribution in [0.4, 0.5) is 5.69 Å². The third-order valence-corrected chi connectivity index (χ3v) is 3.39. The topological polar surface area (TPSA) is 32.7 Å². The molecule has 1 heterocycles. The van der Waals surface area contributed by atoms with E-state index in [1.165, 1.54) is 5.69 Å². The minimum absolute atomic E-state index is 0.196. The number of rotatable bonds is 5. The van der Waals surface area contributed by atoms with Crippen molar-refractivity contribution < 1.29 is 9.84 Å². The Morgan fingerprint density at radius 3 is 2.89 bits per heavy atom. The van der Waals surface area contributed by atoms with Crippen LogP contribution >= 0.6 is 0 Å². The number of benzene rings is 1. The van der Waals surface area contributed by atoms with Crippen LogP contribution in [0.5, 0.6) is 5.75 Å². The van der Waals surface area contributed by atoms with Gasteiger partial charge in [-0.05, 0) is 44.7 Å². The Labute approximate surface area is 109 Å². The van der Waals surface area contributed by atoms with Gasteiger partial charge in [-0.15, -0.1) is 0 Å². The van der Waals surface area contributed by atoms with Crippen molar-refractivity contribution >= 4 is 5.69 Å². The molecule has 1 aromatic carbocycles. The van der Waals surface area contributed by atoms with Gasteiger partial charge in [-0.3, -0.25) is 0 Å². The Bertz CT molecular complexity index is 379. The first-order valence-corrected chi connectivity index (χ1v) is 6.82. The van der Waals surface area contributed by atoms with Crippen LogP contribution in [0.15, 0.2) is 24.3 Å². The fourth-order valence-electron chi connectivity index (χ4n) is 2.54. The quantitative estimate of drug-likeness (QED) is 0.871. The van der Waals surface area contributed by atoms with Crippen LogP contribution in [-0.4, -0.2) is 30.9 Å². The van der Waals surface area contributed by atoms with Crippen LogP contribution in [0.25, 0.3) is 0 Å². The molecule has 0 radical (unpaired) electrons. The number of anilines is 1. The third kappa shape index (κ3) is 3.16. The van der Waals surface area contributed by atoms with Crippen LogP contribution in [0, 0.1) is 5.92 Å². The Hall–Kier alpha value is -1.22. The Balaban J connectivity index is 2.09. The molecule has 1 fully saturated rings. The van der Waals surface area contributed by atoms with Gasteiger partial charge in [-0.1, -0.05) is 12.1 Å². The zero-order valence-corrected chi connectivity index (χ0v) is 11.3. The van der Waals surface area contributed by atoms with Crippen molar-refractivity contribution in [1.29, 1.82) is 0 Å². The van der Waals surface area contributed by atoms with Gasteiger partial charge in [0.2, 0.25) is 0 Å². The van der Waals surface area contributed by atoms with Crippen molar-refractivity contribution in [3.63, 3.8) is 0 Å². The molecule has 3 heteroatoms. The van der Waals surface area contributed by atoms with Gasteiger partial charge in [0.1, 0.15) is 5.75 Å². The van der Waals surface area contributed by atoms with Gasteiger partial charge < -0.3 is 14.7 Å². The number of hydrogen-bond donors (Lipinski definition) is 1. The van der Waals surface area contributed by atoms with E-state index in [1.807, 2.05) is 12.1 Å². The van der Waals surface area contributed by atoms with Crippen molar-refractivity contribution in [2.75, 3.05) is 24.6 Å². The summed E-state index contributed by atoms with van der Waals surface area (Å²) < 4.78 is 5.86. The predicted octanol–water partition coefficient (Wildman–Crippen LogP) is 2.68. The first-order valence-electron chi connectivity index (χ1n) is 6.82. The van der Waals surface area contributed by atoms with E-state index in [0.29, 0.717) is 12.5 Å². The lowest BCUT2D eigenvalue weighted by Crippen LogP contribution is -2.21. The van der Waals surface area contributed by atoms with Crippen LogP contribution in [0.1, 0.15) is 26.7 Å². The summed E-state index contributed by atoms with van der Waals surface area (Å²) in [6.45, 7) is 6.48. The molecule has 3 nitrogen and oxygen atoms in total. The van der Waals surface area contributed by atoms with Crippen molar-refractivity contribution in [1.82, 2.24) is 0 Å². The number of para-hydroxylation sites is 2. The van der Waals surface area contributed by atoms with Gasteiger partial charge in [0.05, 0.1) is 11.8 Å². The molecule has 0 spiro atoms. The van der Waals surface area contributed by atoms with Gasteiger partial charge in [-0.25, -0.2) is 0 Å². The highest BCUT2D eigenvalue weighted by Gasteiger charge is 2.24. The maximum atomic E-state index is 9.01. The predicted molar refractivity (Wildman–Crippen MR) is 74.2 cm³/mol. The highest BCUT2D eigenvalue weighted by molar-refractivity contribution is 5.59. The van der Waals surface area contributed by atoms with E-state index in [4.69, 9.17) is 9.84 Å². The third-order valence-electron chi connectivity index (χ3n) is 3.39. The van der Waals surface area contributed by atoms with Crippen LogP contribution in [0.3, 0.4) is 0 Å². The summed E-state index contributed by atoms with van der Waals surface area (Å²) in [5.74, 6) is 1.58. The monoisotopic (exact) mass is 249 g/mol. The summed E-state index contributed by atoms with van der Waals surface area (Å²) in [4.78, 5) is 2.37. The lowest BCUT2D eigenvalue weighted by atomic mass is 10.1. The zero-order chi connectivity index (χ0) is 13.0. The maximum absolute atomic E-state index is 9.01. The second kappa shape index (κ2) is 6.10. The minimum atomic E-state index is 0.196. The van der Waals surface area contributed by atoms with Crippen molar-refractivity contribution in [2.45, 2.75) is 32.8 Å². The van der Waals surface area contributed by atoms with Crippen LogP contribution in [-0.2, 0) is 0 Å².